The van der Waals surface area contributed by atoms with Crippen LogP contribution in [0.15, 0.2) is 115 Å². The molecule has 0 fully saturated rings. The lowest BCUT2D eigenvalue weighted by atomic mass is 9.78. The largest absolute Gasteiger partial charge is 0.508 e. The fraction of sp³-hybridized carbons (Fsp3) is 0.0769. The molecule has 0 aromatic heterocycles. The quantitative estimate of drug-likeness (QED) is 0.181. The lowest BCUT2D eigenvalue weighted by Crippen LogP contribution is -2.01. The summed E-state index contributed by atoms with van der Waals surface area (Å²) in [7, 11) is 1.57. The molecule has 6 aromatic carbocycles. The molecule has 7 heteroatoms. The van der Waals surface area contributed by atoms with Gasteiger partial charge >= 0.3 is 0 Å². The van der Waals surface area contributed by atoms with Crippen molar-refractivity contribution in [3.63, 3.8) is 0 Å². The monoisotopic (exact) mass is 636 g/mol. The Kier molecular flexibility index (Phi) is 8.73. The Morgan fingerprint density at radius 3 is 1.43 bits per heavy atom. The van der Waals surface area contributed by atoms with Crippen LogP contribution in [0.4, 0.5) is 13.2 Å². The molecular weight excluding hydrogens is 609 g/mol. The zero-order chi connectivity index (χ0) is 32.4. The summed E-state index contributed by atoms with van der Waals surface area (Å²) in [6.07, 6.45) is 0. The van der Waals surface area contributed by atoms with E-state index in [0.717, 1.165) is 11.6 Å². The second-order valence-corrected chi connectivity index (χ2v) is 11.0. The van der Waals surface area contributed by atoms with Gasteiger partial charge in [-0.25, -0.2) is 13.2 Å². The van der Waals surface area contributed by atoms with E-state index in [2.05, 4.69) is 0 Å². The number of ether oxygens (including phenoxy) is 2. The van der Waals surface area contributed by atoms with E-state index in [9.17, 15) is 18.3 Å². The topological polar surface area (TPSA) is 38.7 Å². The van der Waals surface area contributed by atoms with Crippen molar-refractivity contribution in [1.29, 1.82) is 0 Å². The standard InChI is InChI=1S/C39H28ClF3O3/c1-3-46-33-18-10-24(11-19-33)34-35(23-6-14-31(44)15-7-23)37(26-4-12-28(41)13-5-26)39(40)38(27-20-29(42)22-30(43)21-27)36(34)25-8-16-32(45-2)17-9-25/h4-22,44H,3H2,1-2H3. The van der Waals surface area contributed by atoms with E-state index >= 15 is 0 Å². The van der Waals surface area contributed by atoms with Gasteiger partial charge in [0.1, 0.15) is 34.7 Å². The van der Waals surface area contributed by atoms with E-state index < -0.39 is 17.5 Å². The highest BCUT2D eigenvalue weighted by Gasteiger charge is 2.28. The Morgan fingerprint density at radius 1 is 0.522 bits per heavy atom. The first kappa shape index (κ1) is 30.8. The third-order valence-electron chi connectivity index (χ3n) is 7.71. The van der Waals surface area contributed by atoms with Gasteiger partial charge in [0.25, 0.3) is 0 Å². The molecule has 0 aliphatic carbocycles. The van der Waals surface area contributed by atoms with Crippen molar-refractivity contribution in [3.05, 3.63) is 138 Å². The lowest BCUT2D eigenvalue weighted by Gasteiger charge is -2.26. The average molecular weight is 637 g/mol. The number of halogens is 4. The number of hydrogen-bond acceptors (Lipinski definition) is 3. The maximum Gasteiger partial charge on any atom is 0.126 e. The maximum absolute atomic E-state index is 14.9. The molecule has 0 atom stereocenters. The van der Waals surface area contributed by atoms with Gasteiger partial charge in [0.05, 0.1) is 18.7 Å². The van der Waals surface area contributed by atoms with Crippen molar-refractivity contribution in [2.75, 3.05) is 13.7 Å². The molecule has 6 aromatic rings. The predicted molar refractivity (Wildman–Crippen MR) is 178 cm³/mol. The average Bonchev–Trinajstić information content (AvgIpc) is 3.05. The molecule has 0 saturated carbocycles. The Hall–Kier alpha value is -5.20. The van der Waals surface area contributed by atoms with Crippen LogP contribution in [0.2, 0.25) is 5.02 Å². The van der Waals surface area contributed by atoms with Crippen LogP contribution in [0.1, 0.15) is 6.92 Å². The highest BCUT2D eigenvalue weighted by atomic mass is 35.5. The second-order valence-electron chi connectivity index (χ2n) is 10.6. The van der Waals surface area contributed by atoms with Crippen LogP contribution in [0.25, 0.3) is 55.6 Å². The maximum atomic E-state index is 14.9. The van der Waals surface area contributed by atoms with Gasteiger partial charge in [0.15, 0.2) is 0 Å². The van der Waals surface area contributed by atoms with E-state index in [4.69, 9.17) is 21.1 Å². The van der Waals surface area contributed by atoms with E-state index in [1.165, 1.54) is 24.3 Å². The van der Waals surface area contributed by atoms with Gasteiger partial charge in [-0.2, -0.15) is 0 Å². The number of methoxy groups -OCH3 is 1. The molecule has 0 aliphatic heterocycles. The first-order valence-corrected chi connectivity index (χ1v) is 14.9. The Balaban J connectivity index is 1.86. The highest BCUT2D eigenvalue weighted by molar-refractivity contribution is 6.39. The van der Waals surface area contributed by atoms with Crippen molar-refractivity contribution in [3.8, 4) is 72.9 Å². The van der Waals surface area contributed by atoms with Gasteiger partial charge in [-0.3, -0.25) is 0 Å². The minimum Gasteiger partial charge on any atom is -0.508 e. The molecule has 1 N–H and O–H groups in total. The summed E-state index contributed by atoms with van der Waals surface area (Å²) in [5, 5.41) is 10.4. The predicted octanol–water partition coefficient (Wildman–Crippen LogP) is 11.2. The number of aromatic hydroxyl groups is 1. The number of hydrogen-bond donors (Lipinski definition) is 1. The van der Waals surface area contributed by atoms with Gasteiger partial charge in [0.2, 0.25) is 0 Å². The first-order valence-electron chi connectivity index (χ1n) is 14.6. The van der Waals surface area contributed by atoms with Crippen LogP contribution in [-0.4, -0.2) is 18.8 Å². The van der Waals surface area contributed by atoms with Crippen LogP contribution in [0, 0.1) is 17.5 Å². The minimum absolute atomic E-state index is 0.0723. The van der Waals surface area contributed by atoms with Crippen molar-refractivity contribution in [1.82, 2.24) is 0 Å². The summed E-state index contributed by atoms with van der Waals surface area (Å²) >= 11 is 7.42. The summed E-state index contributed by atoms with van der Waals surface area (Å²) in [4.78, 5) is 0. The van der Waals surface area contributed by atoms with Gasteiger partial charge < -0.3 is 14.6 Å². The highest BCUT2D eigenvalue weighted by Crippen LogP contribution is 2.55. The van der Waals surface area contributed by atoms with Gasteiger partial charge in [-0.15, -0.1) is 0 Å². The Labute approximate surface area is 270 Å². The van der Waals surface area contributed by atoms with Crippen LogP contribution < -0.4 is 9.47 Å². The lowest BCUT2D eigenvalue weighted by molar-refractivity contribution is 0.340. The van der Waals surface area contributed by atoms with E-state index in [1.807, 2.05) is 43.3 Å². The fourth-order valence-electron chi connectivity index (χ4n) is 5.71. The number of phenolic OH excluding ortho intramolecular Hbond substituents is 1. The number of benzene rings is 6. The zero-order valence-corrected chi connectivity index (χ0v) is 25.7. The normalized spacial score (nSPS) is 11.0. The molecule has 0 heterocycles. The van der Waals surface area contributed by atoms with Crippen LogP contribution in [-0.2, 0) is 0 Å². The molecule has 6 rings (SSSR count). The van der Waals surface area contributed by atoms with Crippen molar-refractivity contribution >= 4 is 11.6 Å². The second kappa shape index (κ2) is 13.0. The molecule has 0 radical (unpaired) electrons. The summed E-state index contributed by atoms with van der Waals surface area (Å²) in [5.41, 5.74) is 5.86. The fourth-order valence-corrected chi connectivity index (χ4v) is 6.12. The summed E-state index contributed by atoms with van der Waals surface area (Å²) < 4.78 is 55.2. The molecule has 230 valence electrons. The Morgan fingerprint density at radius 2 is 0.935 bits per heavy atom. The number of phenols is 1. The van der Waals surface area contributed by atoms with Crippen molar-refractivity contribution in [2.24, 2.45) is 0 Å². The molecule has 0 aliphatic rings. The smallest absolute Gasteiger partial charge is 0.126 e. The number of rotatable bonds is 8. The van der Waals surface area contributed by atoms with Crippen molar-refractivity contribution in [2.45, 2.75) is 6.92 Å². The summed E-state index contributed by atoms with van der Waals surface area (Å²) in [6, 6.07) is 30.7. The van der Waals surface area contributed by atoms with Gasteiger partial charge in [-0.1, -0.05) is 60.1 Å². The van der Waals surface area contributed by atoms with E-state index in [0.29, 0.717) is 62.6 Å². The molecular formula is C39H28ClF3O3. The van der Waals surface area contributed by atoms with Gasteiger partial charge in [0, 0.05) is 17.2 Å². The van der Waals surface area contributed by atoms with E-state index in [1.54, 1.807) is 55.6 Å². The molecule has 0 spiro atoms. The van der Waals surface area contributed by atoms with Crippen LogP contribution >= 0.6 is 11.6 Å². The molecule has 0 unspecified atom stereocenters. The Bertz CT molecular complexity index is 1990. The third kappa shape index (κ3) is 6.04. The SMILES string of the molecule is CCOc1ccc(-c2c(-c3ccc(O)cc3)c(-c3ccc(F)cc3)c(Cl)c(-c3cc(F)cc(F)c3)c2-c2ccc(OC)cc2)cc1. The molecule has 3 nitrogen and oxygen atoms in total. The first-order chi connectivity index (χ1) is 22.3. The molecule has 0 bridgehead atoms. The molecule has 46 heavy (non-hydrogen) atoms. The summed E-state index contributed by atoms with van der Waals surface area (Å²) in [5.74, 6) is -0.593. The van der Waals surface area contributed by atoms with Gasteiger partial charge in [-0.05, 0) is 112 Å². The summed E-state index contributed by atoms with van der Waals surface area (Å²) in [6.45, 7) is 2.39. The van der Waals surface area contributed by atoms with Crippen molar-refractivity contribution < 1.29 is 27.8 Å². The third-order valence-corrected chi connectivity index (χ3v) is 8.09. The zero-order valence-electron chi connectivity index (χ0n) is 25.0. The minimum atomic E-state index is -0.764. The van der Waals surface area contributed by atoms with Crippen LogP contribution in [0.5, 0.6) is 17.2 Å². The van der Waals surface area contributed by atoms with Crippen LogP contribution in [0.3, 0.4) is 0 Å². The van der Waals surface area contributed by atoms with E-state index in [-0.39, 0.29) is 16.3 Å². The molecule has 0 saturated heterocycles. The molecule has 0 amide bonds.